The summed E-state index contributed by atoms with van der Waals surface area (Å²) in [6.45, 7) is 4.57. The highest BCUT2D eigenvalue weighted by Gasteiger charge is 2.30. The van der Waals surface area contributed by atoms with Gasteiger partial charge in [-0.2, -0.15) is 0 Å². The molecule has 17 nitrogen and oxygen atoms in total. The van der Waals surface area contributed by atoms with E-state index < -0.39 is 97.5 Å². The van der Waals surface area contributed by atoms with E-state index >= 15 is 0 Å². The molecule has 0 heterocycles. The normalized spacial score (nSPS) is 14.5. The minimum absolute atomic E-state index is 0.0297. The van der Waals surface area contributed by atoms with E-state index in [1.807, 2.05) is 18.2 Å². The molecule has 3 N–H and O–H groups in total. The number of rotatable bonds is 77. The molecule has 0 aromatic rings. The van der Waals surface area contributed by atoms with Gasteiger partial charge in [0, 0.05) is 25.7 Å². The highest BCUT2D eigenvalue weighted by molar-refractivity contribution is 7.47. The van der Waals surface area contributed by atoms with Crippen molar-refractivity contribution in [2.75, 3.05) is 39.6 Å². The van der Waals surface area contributed by atoms with Gasteiger partial charge in [-0.15, -0.1) is 0 Å². The SMILES string of the molecule is CC/C=C\C/C=C\C/C=C\C/C=C\C/C=C\C/C=C\CCC(=O)OCC(COP(=O)(O)OCC(O)COP(=O)(O)OCC(COC(=O)CCCCCCC/C=C\CCCCCCCC)OC(=O)CCCCCCCCCCCCCCC)OC(=O)CCCCCCCC/C=C\C/C=C\C/C=C\C/C=C\CC. The molecule has 0 saturated heterocycles. The molecule has 0 bridgehead atoms. The molecule has 0 rings (SSSR count). The number of allylic oxidation sites excluding steroid dienone is 22. The van der Waals surface area contributed by atoms with Gasteiger partial charge in [-0.1, -0.05) is 315 Å². The third kappa shape index (κ3) is 77.4. The quantitative estimate of drug-likeness (QED) is 0.0169. The molecule has 0 radical (unpaired) electrons. The van der Waals surface area contributed by atoms with Gasteiger partial charge in [0.05, 0.1) is 26.4 Å². The number of esters is 4. The fourth-order valence-corrected chi connectivity index (χ4v) is 12.5. The van der Waals surface area contributed by atoms with Crippen LogP contribution >= 0.6 is 15.6 Å². The summed E-state index contributed by atoms with van der Waals surface area (Å²) < 4.78 is 68.6. The molecule has 5 unspecified atom stereocenters. The summed E-state index contributed by atoms with van der Waals surface area (Å²) in [4.78, 5) is 73.1. The van der Waals surface area contributed by atoms with Crippen LogP contribution in [0.1, 0.15) is 336 Å². The molecule has 19 heteroatoms. The van der Waals surface area contributed by atoms with Gasteiger partial charge < -0.3 is 33.8 Å². The maximum absolute atomic E-state index is 13.1. The van der Waals surface area contributed by atoms with Gasteiger partial charge in [0.1, 0.15) is 19.3 Å². The molecule has 0 saturated carbocycles. The van der Waals surface area contributed by atoms with E-state index in [0.717, 1.165) is 161 Å². The fraction of sp³-hybridized carbons (Fsp3) is 0.701. The molecule has 0 aliphatic heterocycles. The molecule has 0 aliphatic rings. The number of carbonyl (C=O) groups excluding carboxylic acids is 4. The van der Waals surface area contributed by atoms with Gasteiger partial charge in [0.25, 0.3) is 0 Å². The smallest absolute Gasteiger partial charge is 0.462 e. The maximum Gasteiger partial charge on any atom is 0.472 e. The van der Waals surface area contributed by atoms with E-state index in [9.17, 15) is 43.2 Å². The number of unbranched alkanes of at least 4 members (excludes halogenated alkanes) is 29. The molecule has 0 fully saturated rings. The molecule has 106 heavy (non-hydrogen) atoms. The van der Waals surface area contributed by atoms with Crippen LogP contribution in [-0.2, 0) is 65.4 Å². The number of carbonyl (C=O) groups is 4. The van der Waals surface area contributed by atoms with Crippen molar-refractivity contribution in [2.24, 2.45) is 0 Å². The van der Waals surface area contributed by atoms with Crippen LogP contribution in [0, 0.1) is 0 Å². The lowest BCUT2D eigenvalue weighted by molar-refractivity contribution is -0.161. The lowest BCUT2D eigenvalue weighted by Crippen LogP contribution is -2.30. The zero-order valence-electron chi connectivity index (χ0n) is 66.6. The Balaban J connectivity index is 5.44. The van der Waals surface area contributed by atoms with Gasteiger partial charge in [-0.05, 0) is 128 Å². The average molecular weight is 1530 g/mol. The maximum atomic E-state index is 13.1. The number of phosphoric ester groups is 2. The minimum atomic E-state index is -5.00. The molecular weight excluding hydrogens is 1380 g/mol. The van der Waals surface area contributed by atoms with Gasteiger partial charge in [0.2, 0.25) is 0 Å². The number of aliphatic hydroxyl groups excluding tert-OH is 1. The predicted octanol–water partition coefficient (Wildman–Crippen LogP) is 24.4. The highest BCUT2D eigenvalue weighted by atomic mass is 31.2. The number of ether oxygens (including phenoxy) is 4. The number of hydrogen-bond acceptors (Lipinski definition) is 15. The first-order valence-electron chi connectivity index (χ1n) is 41.4. The summed E-state index contributed by atoms with van der Waals surface area (Å²) in [5.41, 5.74) is 0. The third-order valence-electron chi connectivity index (χ3n) is 17.1. The summed E-state index contributed by atoms with van der Waals surface area (Å²) >= 11 is 0. The Morgan fingerprint density at radius 3 is 0.821 bits per heavy atom. The number of hydrogen-bond donors (Lipinski definition) is 3. The average Bonchev–Trinajstić information content (AvgIpc) is 0.903. The minimum Gasteiger partial charge on any atom is -0.462 e. The summed E-state index contributed by atoms with van der Waals surface area (Å²) in [6.07, 6.45) is 88.6. The first-order chi connectivity index (χ1) is 51.7. The summed E-state index contributed by atoms with van der Waals surface area (Å²) in [5.74, 6) is -2.29. The standard InChI is InChI=1S/C87H148O17P2/c1-5-9-13-17-21-25-29-33-36-38-40-42-45-49-52-56-60-64-68-72-85(90)98-78-83(104-87(92)74-70-66-62-58-54-50-46-43-41-39-37-34-30-26-22-18-14-10-6-2)80-102-106(95,96)100-76-81(88)75-99-105(93,94)101-79-82(103-86(91)73-69-65-61-57-53-47-32-28-24-20-16-12-8-4)77-97-84(89)71-67-63-59-55-51-48-44-35-31-27-23-19-15-11-7-3/h9-10,13-14,21-22,25-26,33-37,40-44,49,52,60,64,81-83,88H,5-8,11-12,15-20,23-24,27-32,38-39,45-48,50-51,53-59,61-63,65-80H2,1-4H3,(H,93,94)(H,95,96)/b13-9-,14-10-,25-21-,26-22-,36-33-,37-34-,42-40-,43-41-,44-35-,52-49-,64-60-. The zero-order valence-corrected chi connectivity index (χ0v) is 68.4. The van der Waals surface area contributed by atoms with Gasteiger partial charge in [-0.25, -0.2) is 9.13 Å². The monoisotopic (exact) mass is 1530 g/mol. The number of aliphatic hydroxyl groups is 1. The van der Waals surface area contributed by atoms with Crippen LogP contribution in [0.15, 0.2) is 134 Å². The van der Waals surface area contributed by atoms with Gasteiger partial charge in [-0.3, -0.25) is 37.3 Å². The van der Waals surface area contributed by atoms with E-state index in [-0.39, 0.29) is 25.7 Å². The first kappa shape index (κ1) is 101. The van der Waals surface area contributed by atoms with Gasteiger partial charge in [0.15, 0.2) is 12.2 Å². The summed E-state index contributed by atoms with van der Waals surface area (Å²) in [7, 11) is -9.99. The van der Waals surface area contributed by atoms with Crippen LogP contribution in [0.25, 0.3) is 0 Å². The van der Waals surface area contributed by atoms with Crippen molar-refractivity contribution in [3.8, 4) is 0 Å². The van der Waals surface area contributed by atoms with Crippen molar-refractivity contribution in [3.05, 3.63) is 134 Å². The Kier molecular flexibility index (Phi) is 74.8. The molecule has 0 amide bonds. The van der Waals surface area contributed by atoms with Crippen LogP contribution in [0.4, 0.5) is 0 Å². The Hall–Kier alpha value is -4.80. The van der Waals surface area contributed by atoms with E-state index in [4.69, 9.17) is 37.0 Å². The molecular formula is C87H148O17P2. The van der Waals surface area contributed by atoms with Crippen molar-refractivity contribution < 1.29 is 80.2 Å². The topological polar surface area (TPSA) is 237 Å². The Bertz CT molecular complexity index is 2530. The van der Waals surface area contributed by atoms with Crippen molar-refractivity contribution in [2.45, 2.75) is 354 Å². The van der Waals surface area contributed by atoms with E-state index in [1.54, 1.807) is 0 Å². The van der Waals surface area contributed by atoms with Crippen molar-refractivity contribution in [1.29, 1.82) is 0 Å². The molecule has 0 aromatic carbocycles. The van der Waals surface area contributed by atoms with Crippen molar-refractivity contribution >= 4 is 39.5 Å². The second-order valence-corrected chi connectivity index (χ2v) is 30.2. The van der Waals surface area contributed by atoms with Crippen LogP contribution in [0.2, 0.25) is 0 Å². The predicted molar refractivity (Wildman–Crippen MR) is 436 cm³/mol. The summed E-state index contributed by atoms with van der Waals surface area (Å²) in [5, 5.41) is 10.7. The van der Waals surface area contributed by atoms with Crippen LogP contribution in [-0.4, -0.2) is 96.7 Å². The van der Waals surface area contributed by atoms with Crippen LogP contribution in [0.5, 0.6) is 0 Å². The Labute approximate surface area is 644 Å². The third-order valence-corrected chi connectivity index (χ3v) is 19.0. The number of phosphoric acid groups is 2. The lowest BCUT2D eigenvalue weighted by atomic mass is 10.0. The lowest BCUT2D eigenvalue weighted by Gasteiger charge is -2.21. The second kappa shape index (κ2) is 78.3. The van der Waals surface area contributed by atoms with Gasteiger partial charge >= 0.3 is 39.5 Å². The van der Waals surface area contributed by atoms with E-state index in [2.05, 4.69) is 143 Å². The zero-order chi connectivity index (χ0) is 77.4. The van der Waals surface area contributed by atoms with Crippen LogP contribution in [0.3, 0.4) is 0 Å². The summed E-state index contributed by atoms with van der Waals surface area (Å²) in [6, 6.07) is 0. The van der Waals surface area contributed by atoms with Crippen molar-refractivity contribution in [1.82, 2.24) is 0 Å². The molecule has 0 aromatic heterocycles. The van der Waals surface area contributed by atoms with Crippen LogP contribution < -0.4 is 0 Å². The Morgan fingerprint density at radius 1 is 0.274 bits per heavy atom. The fourth-order valence-electron chi connectivity index (χ4n) is 10.9. The van der Waals surface area contributed by atoms with E-state index in [1.165, 1.54) is 89.9 Å². The second-order valence-electron chi connectivity index (χ2n) is 27.3. The molecule has 0 aliphatic carbocycles. The molecule has 5 atom stereocenters. The first-order valence-corrected chi connectivity index (χ1v) is 44.4. The van der Waals surface area contributed by atoms with Crippen molar-refractivity contribution in [3.63, 3.8) is 0 Å². The molecule has 0 spiro atoms. The Morgan fingerprint density at radius 2 is 0.509 bits per heavy atom. The largest absolute Gasteiger partial charge is 0.472 e. The highest BCUT2D eigenvalue weighted by Crippen LogP contribution is 2.45. The van der Waals surface area contributed by atoms with E-state index in [0.29, 0.717) is 32.1 Å². The molecule has 608 valence electrons.